The van der Waals surface area contributed by atoms with Gasteiger partial charge in [0.25, 0.3) is 0 Å². The minimum Gasteiger partial charge on any atom is -0.449 e. The summed E-state index contributed by atoms with van der Waals surface area (Å²) in [6.07, 6.45) is -1.35. The Labute approximate surface area is 207 Å². The van der Waals surface area contributed by atoms with Gasteiger partial charge in [0.1, 0.15) is 11.6 Å². The van der Waals surface area contributed by atoms with Gasteiger partial charge in [-0.1, -0.05) is 11.6 Å². The third-order valence-electron chi connectivity index (χ3n) is 6.47. The van der Waals surface area contributed by atoms with E-state index < -0.39 is 6.16 Å². The molecule has 0 bridgehead atoms. The number of ether oxygens (including phenoxy) is 2. The van der Waals surface area contributed by atoms with Crippen molar-refractivity contribution in [2.75, 3.05) is 13.7 Å². The molecule has 8 heteroatoms. The summed E-state index contributed by atoms with van der Waals surface area (Å²) in [7, 11) is 1.67. The quantitative estimate of drug-likeness (QED) is 0.208. The largest absolute Gasteiger partial charge is 0.511 e. The molecule has 0 radical (unpaired) electrons. The normalized spacial score (nSPS) is 11.7. The molecule has 0 atom stereocenters. The van der Waals surface area contributed by atoms with Gasteiger partial charge in [0.2, 0.25) is 0 Å². The highest BCUT2D eigenvalue weighted by Crippen LogP contribution is 2.38. The zero-order valence-electron chi connectivity index (χ0n) is 20.1. The molecule has 5 rings (SSSR count). The number of carboxylic acid groups (broad SMARTS) is 1. The van der Waals surface area contributed by atoms with Gasteiger partial charge in [0.05, 0.1) is 28.2 Å². The Balaban J connectivity index is 1.78. The maximum atomic E-state index is 11.1. The van der Waals surface area contributed by atoms with Crippen molar-refractivity contribution in [2.45, 2.75) is 33.9 Å². The Hall–Kier alpha value is -3.55. The highest BCUT2D eigenvalue weighted by atomic mass is 35.5. The fourth-order valence-corrected chi connectivity index (χ4v) is 5.31. The summed E-state index contributed by atoms with van der Waals surface area (Å²) in [6, 6.07) is 14.0. The van der Waals surface area contributed by atoms with Crippen LogP contribution in [0.1, 0.15) is 18.1 Å². The molecule has 2 aromatic heterocycles. The average Bonchev–Trinajstić information content (AvgIpc) is 3.35. The number of rotatable bonds is 6. The van der Waals surface area contributed by atoms with E-state index >= 15 is 0 Å². The lowest BCUT2D eigenvalue weighted by Crippen LogP contribution is -2.06. The number of aryl methyl sites for hydroxylation is 3. The molecule has 0 unspecified atom stereocenters. The van der Waals surface area contributed by atoms with Crippen LogP contribution in [0.3, 0.4) is 0 Å². The number of hydrogen-bond acceptors (Lipinski definition) is 4. The lowest BCUT2D eigenvalue weighted by molar-refractivity contribution is 0.144. The number of fused-ring (bicyclic) bond motifs is 4. The van der Waals surface area contributed by atoms with Gasteiger partial charge in [-0.25, -0.2) is 9.78 Å². The van der Waals surface area contributed by atoms with E-state index in [1.807, 2.05) is 26.0 Å². The first-order chi connectivity index (χ1) is 16.8. The van der Waals surface area contributed by atoms with Gasteiger partial charge in [-0.3, -0.25) is 0 Å². The van der Waals surface area contributed by atoms with Crippen LogP contribution in [0.4, 0.5) is 4.79 Å². The van der Waals surface area contributed by atoms with Crippen LogP contribution in [0, 0.1) is 13.8 Å². The molecular formula is C27H26ClN3O4. The monoisotopic (exact) mass is 491 g/mol. The summed E-state index contributed by atoms with van der Waals surface area (Å²) in [5.74, 6) is 1.06. The fourth-order valence-electron chi connectivity index (χ4n) is 4.93. The summed E-state index contributed by atoms with van der Waals surface area (Å²) in [5.41, 5.74) is 6.48. The van der Waals surface area contributed by atoms with Crippen LogP contribution in [0.2, 0.25) is 5.02 Å². The summed E-state index contributed by atoms with van der Waals surface area (Å²) >= 11 is 6.67. The molecule has 1 N–H and O–H groups in total. The molecule has 0 spiro atoms. The molecule has 0 aliphatic carbocycles. The maximum Gasteiger partial charge on any atom is 0.511 e. The smallest absolute Gasteiger partial charge is 0.449 e. The lowest BCUT2D eigenvalue weighted by atomic mass is 10.1. The van der Waals surface area contributed by atoms with Gasteiger partial charge in [-0.2, -0.15) is 0 Å². The average molecular weight is 492 g/mol. The van der Waals surface area contributed by atoms with Crippen molar-refractivity contribution in [2.24, 2.45) is 0 Å². The van der Waals surface area contributed by atoms with E-state index in [0.29, 0.717) is 24.2 Å². The van der Waals surface area contributed by atoms with Crippen LogP contribution in [-0.4, -0.2) is 39.1 Å². The van der Waals surface area contributed by atoms with Gasteiger partial charge in [0.15, 0.2) is 0 Å². The first kappa shape index (κ1) is 23.2. The zero-order valence-corrected chi connectivity index (χ0v) is 20.8. The van der Waals surface area contributed by atoms with E-state index in [2.05, 4.69) is 40.3 Å². The van der Waals surface area contributed by atoms with Crippen LogP contribution in [-0.2, 0) is 17.8 Å². The van der Waals surface area contributed by atoms with E-state index in [-0.39, 0.29) is 5.75 Å². The van der Waals surface area contributed by atoms with Gasteiger partial charge in [-0.15, -0.1) is 0 Å². The van der Waals surface area contributed by atoms with Crippen LogP contribution >= 0.6 is 11.6 Å². The van der Waals surface area contributed by atoms with Crippen LogP contribution in [0.25, 0.3) is 44.2 Å². The van der Waals surface area contributed by atoms with Crippen molar-refractivity contribution in [3.05, 3.63) is 58.6 Å². The molecule has 0 amide bonds. The highest BCUT2D eigenvalue weighted by molar-refractivity contribution is 6.36. The third-order valence-corrected chi connectivity index (χ3v) is 6.76. The minimum absolute atomic E-state index is 0.277. The van der Waals surface area contributed by atoms with E-state index in [1.165, 1.54) is 0 Å². The molecule has 5 aromatic rings. The van der Waals surface area contributed by atoms with E-state index in [4.69, 9.17) is 31.2 Å². The molecule has 0 saturated carbocycles. The molecule has 0 fully saturated rings. The van der Waals surface area contributed by atoms with Crippen molar-refractivity contribution >= 4 is 50.6 Å². The molecule has 35 heavy (non-hydrogen) atoms. The number of hydrogen-bond donors (Lipinski definition) is 1. The van der Waals surface area contributed by atoms with Gasteiger partial charge in [-0.05, 0) is 68.8 Å². The lowest BCUT2D eigenvalue weighted by Gasteiger charge is -2.10. The van der Waals surface area contributed by atoms with Crippen molar-refractivity contribution in [1.82, 2.24) is 14.1 Å². The second-order valence-electron chi connectivity index (χ2n) is 8.62. The summed E-state index contributed by atoms with van der Waals surface area (Å²) in [4.78, 5) is 16.1. The van der Waals surface area contributed by atoms with Crippen molar-refractivity contribution in [3.8, 4) is 17.1 Å². The van der Waals surface area contributed by atoms with Crippen molar-refractivity contribution in [3.63, 3.8) is 0 Å². The Kier molecular flexibility index (Phi) is 5.91. The number of benzene rings is 3. The molecule has 0 saturated heterocycles. The Morgan fingerprint density at radius 2 is 1.83 bits per heavy atom. The summed E-state index contributed by atoms with van der Waals surface area (Å²) in [5, 5.41) is 12.1. The highest BCUT2D eigenvalue weighted by Gasteiger charge is 2.20. The summed E-state index contributed by atoms with van der Waals surface area (Å²) in [6.45, 7) is 7.90. The SMILES string of the molecule is CCn1c2ccc(-c3nc4c(C)c(OC(=O)O)ccc4n3CCOC)cc2c2cc(C)cc(Cl)c21. The molecule has 3 aromatic carbocycles. The standard InChI is InChI=1S/C27H26ClN3O4/c1-5-30-21-7-6-17(14-18(21)19-12-15(2)13-20(28)25(19)30)26-29-24-16(3)23(35-27(32)33)9-8-22(24)31(26)10-11-34-4/h6-9,12-14H,5,10-11H2,1-4H3,(H,32,33). The zero-order chi connectivity index (χ0) is 24.9. The molecule has 7 nitrogen and oxygen atoms in total. The maximum absolute atomic E-state index is 11.1. The predicted molar refractivity (Wildman–Crippen MR) is 139 cm³/mol. The van der Waals surface area contributed by atoms with Gasteiger partial charge in [0, 0.05) is 47.6 Å². The van der Waals surface area contributed by atoms with Crippen molar-refractivity contribution in [1.29, 1.82) is 0 Å². The number of aromatic nitrogens is 3. The number of imidazole rings is 1. The predicted octanol–water partition coefficient (Wildman–Crippen LogP) is 6.80. The second-order valence-corrected chi connectivity index (χ2v) is 9.03. The number of halogens is 1. The van der Waals surface area contributed by atoms with E-state index in [0.717, 1.165) is 55.8 Å². The second kappa shape index (κ2) is 8.91. The van der Waals surface area contributed by atoms with Gasteiger partial charge >= 0.3 is 6.16 Å². The van der Waals surface area contributed by atoms with E-state index in [9.17, 15) is 4.79 Å². The molecule has 180 valence electrons. The Morgan fingerprint density at radius 3 is 2.54 bits per heavy atom. The number of carbonyl (C=O) groups is 1. The third kappa shape index (κ3) is 3.81. The topological polar surface area (TPSA) is 78.5 Å². The van der Waals surface area contributed by atoms with Crippen LogP contribution in [0.5, 0.6) is 5.75 Å². The molecule has 2 heterocycles. The van der Waals surface area contributed by atoms with E-state index in [1.54, 1.807) is 13.2 Å². The minimum atomic E-state index is -1.35. The number of methoxy groups -OCH3 is 1. The Morgan fingerprint density at radius 1 is 1.06 bits per heavy atom. The van der Waals surface area contributed by atoms with Crippen LogP contribution < -0.4 is 4.74 Å². The Bertz CT molecular complexity index is 1620. The molecule has 0 aliphatic heterocycles. The first-order valence-electron chi connectivity index (χ1n) is 11.5. The summed E-state index contributed by atoms with van der Waals surface area (Å²) < 4.78 is 14.7. The first-order valence-corrected chi connectivity index (χ1v) is 11.8. The van der Waals surface area contributed by atoms with Crippen LogP contribution in [0.15, 0.2) is 42.5 Å². The number of nitrogens with zero attached hydrogens (tertiary/aromatic N) is 3. The molecular weight excluding hydrogens is 466 g/mol. The van der Waals surface area contributed by atoms with Crippen molar-refractivity contribution < 1.29 is 19.4 Å². The van der Waals surface area contributed by atoms with Gasteiger partial charge < -0.3 is 23.7 Å². The molecule has 0 aliphatic rings. The fraction of sp³-hybridized carbons (Fsp3) is 0.259.